The summed E-state index contributed by atoms with van der Waals surface area (Å²) in [6.45, 7) is 5.27. The highest BCUT2D eigenvalue weighted by atomic mass is 16.6. The first-order chi connectivity index (χ1) is 12.0. The molecule has 0 aliphatic carbocycles. The number of carboxylic acids is 1. The maximum Gasteiger partial charge on any atom is 0.303 e. The Hall–Kier alpha value is -1.55. The third-order valence-electron chi connectivity index (χ3n) is 2.85. The molecule has 2 N–H and O–H groups in total. The maximum absolute atomic E-state index is 11.2. The van der Waals surface area contributed by atoms with Gasteiger partial charge in [0.05, 0.1) is 59.3 Å². The lowest BCUT2D eigenvalue weighted by atomic mass is 10.3. The van der Waals surface area contributed by atoms with Gasteiger partial charge in [-0.1, -0.05) is 0 Å². The summed E-state index contributed by atoms with van der Waals surface area (Å²) in [6, 6.07) is 0. The molecule has 0 heterocycles. The summed E-state index contributed by atoms with van der Waals surface area (Å²) in [6.07, 6.45) is 0.225. The lowest BCUT2D eigenvalue weighted by Crippen LogP contribution is -2.27. The summed E-state index contributed by atoms with van der Waals surface area (Å²) in [5, 5.41) is 11.0. The van der Waals surface area contributed by atoms with Gasteiger partial charge < -0.3 is 29.4 Å². The molecule has 0 aliphatic rings. The van der Waals surface area contributed by atoms with Crippen molar-refractivity contribution < 1.29 is 38.4 Å². The van der Waals surface area contributed by atoms with E-state index in [-0.39, 0.29) is 24.5 Å². The van der Waals surface area contributed by atoms with E-state index in [0.29, 0.717) is 65.8 Å². The molecule has 0 bridgehead atoms. The van der Waals surface area contributed by atoms with Crippen LogP contribution in [0, 0.1) is 0 Å². The quantitative estimate of drug-likeness (QED) is 0.327. The zero-order valence-corrected chi connectivity index (χ0v) is 14.8. The third-order valence-corrected chi connectivity index (χ3v) is 2.85. The number of Topliss-reactive ketones (excluding diaryl/α,β-unsaturated/α-hetero) is 1. The molecule has 1 amide bonds. The van der Waals surface area contributed by atoms with E-state index in [2.05, 4.69) is 5.32 Å². The van der Waals surface area contributed by atoms with Gasteiger partial charge in [-0.2, -0.15) is 0 Å². The lowest BCUT2D eigenvalue weighted by Gasteiger charge is -2.08. The van der Waals surface area contributed by atoms with Gasteiger partial charge in [0.25, 0.3) is 0 Å². The van der Waals surface area contributed by atoms with Crippen LogP contribution in [0.25, 0.3) is 0 Å². The van der Waals surface area contributed by atoms with Crippen molar-refractivity contribution in [1.82, 2.24) is 5.32 Å². The number of carbonyl (C=O) groups is 3. The molecule has 0 fully saturated rings. The van der Waals surface area contributed by atoms with Crippen molar-refractivity contribution in [3.8, 4) is 0 Å². The largest absolute Gasteiger partial charge is 0.481 e. The predicted octanol–water partition coefficient (Wildman–Crippen LogP) is 0.0129. The van der Waals surface area contributed by atoms with Crippen LogP contribution >= 0.6 is 0 Å². The number of aliphatic carboxylic acids is 1. The first kappa shape index (κ1) is 23.4. The second kappa shape index (κ2) is 17.3. The number of hydrogen-bond donors (Lipinski definition) is 2. The molecule has 0 atom stereocenters. The molecule has 0 saturated carbocycles. The number of rotatable bonds is 18. The fourth-order valence-electron chi connectivity index (χ4n) is 1.55. The second-order valence-electron chi connectivity index (χ2n) is 5.15. The molecule has 0 aliphatic heterocycles. The van der Waals surface area contributed by atoms with Crippen molar-refractivity contribution in [1.29, 1.82) is 0 Å². The van der Waals surface area contributed by atoms with E-state index in [9.17, 15) is 14.4 Å². The molecule has 146 valence electrons. The van der Waals surface area contributed by atoms with Crippen LogP contribution in [0.3, 0.4) is 0 Å². The average Bonchev–Trinajstić information content (AvgIpc) is 2.56. The van der Waals surface area contributed by atoms with E-state index in [1.54, 1.807) is 0 Å². The molecule has 0 spiro atoms. The van der Waals surface area contributed by atoms with Crippen LogP contribution in [0.5, 0.6) is 0 Å². The summed E-state index contributed by atoms with van der Waals surface area (Å²) in [7, 11) is 0. The summed E-state index contributed by atoms with van der Waals surface area (Å²) in [5.41, 5.74) is 0. The molecular formula is C16H29NO8. The first-order valence-corrected chi connectivity index (χ1v) is 8.31. The third kappa shape index (κ3) is 20.4. The number of hydrogen-bond acceptors (Lipinski definition) is 7. The molecular weight excluding hydrogens is 334 g/mol. The summed E-state index contributed by atoms with van der Waals surface area (Å²) < 4.78 is 21.0. The molecule has 0 aromatic heterocycles. The van der Waals surface area contributed by atoms with Crippen molar-refractivity contribution in [3.63, 3.8) is 0 Å². The van der Waals surface area contributed by atoms with Crippen LogP contribution < -0.4 is 5.32 Å². The van der Waals surface area contributed by atoms with Crippen LogP contribution in [0.1, 0.15) is 26.2 Å². The Labute approximate surface area is 147 Å². The van der Waals surface area contributed by atoms with Gasteiger partial charge in [-0.25, -0.2) is 0 Å². The SMILES string of the molecule is CC(=O)CCOCCOCCOCCOCCNC(=O)CCC(=O)O. The molecule has 0 rings (SSSR count). The molecule has 9 heteroatoms. The minimum Gasteiger partial charge on any atom is -0.481 e. The number of ether oxygens (including phenoxy) is 4. The molecule has 0 aromatic carbocycles. The fraction of sp³-hybridized carbons (Fsp3) is 0.812. The van der Waals surface area contributed by atoms with E-state index in [4.69, 9.17) is 24.1 Å². The molecule has 9 nitrogen and oxygen atoms in total. The zero-order chi connectivity index (χ0) is 18.8. The molecule has 0 saturated heterocycles. The lowest BCUT2D eigenvalue weighted by molar-refractivity contribution is -0.138. The number of carbonyl (C=O) groups excluding carboxylic acids is 2. The molecule has 0 unspecified atom stereocenters. The van der Waals surface area contributed by atoms with Crippen molar-refractivity contribution >= 4 is 17.7 Å². The van der Waals surface area contributed by atoms with E-state index < -0.39 is 5.97 Å². The van der Waals surface area contributed by atoms with Gasteiger partial charge >= 0.3 is 5.97 Å². The monoisotopic (exact) mass is 363 g/mol. The predicted molar refractivity (Wildman–Crippen MR) is 88.5 cm³/mol. The molecule has 25 heavy (non-hydrogen) atoms. The number of ketones is 1. The Balaban J connectivity index is 3.13. The van der Waals surface area contributed by atoms with Crippen LogP contribution in [-0.2, 0) is 33.3 Å². The normalized spacial score (nSPS) is 10.6. The minimum absolute atomic E-state index is 0.0276. The van der Waals surface area contributed by atoms with Gasteiger partial charge in [0.2, 0.25) is 5.91 Å². The van der Waals surface area contributed by atoms with Gasteiger partial charge in [-0.3, -0.25) is 14.4 Å². The molecule has 0 aromatic rings. The Morgan fingerprint density at radius 3 is 1.68 bits per heavy atom. The average molecular weight is 363 g/mol. The fourth-order valence-corrected chi connectivity index (χ4v) is 1.55. The van der Waals surface area contributed by atoms with Gasteiger partial charge in [0.15, 0.2) is 0 Å². The van der Waals surface area contributed by atoms with Crippen molar-refractivity contribution in [3.05, 3.63) is 0 Å². The van der Waals surface area contributed by atoms with E-state index >= 15 is 0 Å². The van der Waals surface area contributed by atoms with E-state index in [0.717, 1.165) is 0 Å². The van der Waals surface area contributed by atoms with Crippen LogP contribution in [0.15, 0.2) is 0 Å². The van der Waals surface area contributed by atoms with Crippen molar-refractivity contribution in [2.45, 2.75) is 26.2 Å². The van der Waals surface area contributed by atoms with E-state index in [1.807, 2.05) is 0 Å². The number of carboxylic acid groups (broad SMARTS) is 1. The standard InChI is InChI=1S/C16H29NO8/c1-14(18)4-6-22-8-10-24-12-13-25-11-9-23-7-5-17-15(19)2-3-16(20)21/h2-13H2,1H3,(H,17,19)(H,20,21). The highest BCUT2D eigenvalue weighted by Gasteiger charge is 2.04. The summed E-state index contributed by atoms with van der Waals surface area (Å²) >= 11 is 0. The van der Waals surface area contributed by atoms with Crippen LogP contribution in [0.2, 0.25) is 0 Å². The second-order valence-corrected chi connectivity index (χ2v) is 5.15. The van der Waals surface area contributed by atoms with Gasteiger partial charge in [-0.05, 0) is 6.92 Å². The zero-order valence-electron chi connectivity index (χ0n) is 14.8. The maximum atomic E-state index is 11.2. The summed E-state index contributed by atoms with van der Waals surface area (Å²) in [5.74, 6) is -1.19. The first-order valence-electron chi connectivity index (χ1n) is 8.31. The van der Waals surface area contributed by atoms with Crippen molar-refractivity contribution in [2.24, 2.45) is 0 Å². The number of amides is 1. The van der Waals surface area contributed by atoms with Gasteiger partial charge in [0.1, 0.15) is 5.78 Å². The van der Waals surface area contributed by atoms with Crippen LogP contribution in [-0.4, -0.2) is 82.2 Å². The van der Waals surface area contributed by atoms with Gasteiger partial charge in [0, 0.05) is 19.4 Å². The van der Waals surface area contributed by atoms with E-state index in [1.165, 1.54) is 6.92 Å². The topological polar surface area (TPSA) is 120 Å². The highest BCUT2D eigenvalue weighted by molar-refractivity contribution is 5.80. The minimum atomic E-state index is -0.993. The Morgan fingerprint density at radius 2 is 1.20 bits per heavy atom. The highest BCUT2D eigenvalue weighted by Crippen LogP contribution is 1.88. The smallest absolute Gasteiger partial charge is 0.303 e. The van der Waals surface area contributed by atoms with Crippen LogP contribution in [0.4, 0.5) is 0 Å². The van der Waals surface area contributed by atoms with Gasteiger partial charge in [-0.15, -0.1) is 0 Å². The number of nitrogens with one attached hydrogen (secondary N) is 1. The van der Waals surface area contributed by atoms with Crippen molar-refractivity contribution in [2.75, 3.05) is 59.4 Å². The Bertz CT molecular complexity index is 375. The summed E-state index contributed by atoms with van der Waals surface area (Å²) in [4.78, 5) is 32.2. The Morgan fingerprint density at radius 1 is 0.720 bits per heavy atom. The molecule has 0 radical (unpaired) electrons. The Kier molecular flexibility index (Phi) is 16.2.